The van der Waals surface area contributed by atoms with Gasteiger partial charge in [0.05, 0.1) is 11.7 Å². The molecule has 7 atom stereocenters. The maximum Gasteiger partial charge on any atom is 0.0701 e. The van der Waals surface area contributed by atoms with Gasteiger partial charge in [0.2, 0.25) is 0 Å². The number of hydrogen-bond acceptors (Lipinski definition) is 2. The van der Waals surface area contributed by atoms with Gasteiger partial charge in [-0.3, -0.25) is 0 Å². The summed E-state index contributed by atoms with van der Waals surface area (Å²) in [5, 5.41) is 21.3. The fraction of sp³-hybridized carbons (Fsp3) is 0.905. The van der Waals surface area contributed by atoms with Gasteiger partial charge in [-0.15, -0.1) is 0 Å². The maximum atomic E-state index is 11.2. The first-order valence-corrected chi connectivity index (χ1v) is 9.94. The van der Waals surface area contributed by atoms with Crippen LogP contribution in [0, 0.1) is 28.6 Å². The van der Waals surface area contributed by atoms with Crippen molar-refractivity contribution < 1.29 is 10.2 Å². The van der Waals surface area contributed by atoms with Gasteiger partial charge in [-0.1, -0.05) is 32.4 Å². The van der Waals surface area contributed by atoms with Gasteiger partial charge in [0, 0.05) is 0 Å². The Labute approximate surface area is 141 Å². The van der Waals surface area contributed by atoms with Gasteiger partial charge in [-0.2, -0.15) is 0 Å². The van der Waals surface area contributed by atoms with Gasteiger partial charge in [0.1, 0.15) is 0 Å². The molecule has 0 heterocycles. The van der Waals surface area contributed by atoms with Crippen molar-refractivity contribution in [3.05, 3.63) is 11.6 Å². The zero-order chi connectivity index (χ0) is 16.5. The second-order valence-corrected chi connectivity index (χ2v) is 9.54. The Morgan fingerprint density at radius 1 is 1.09 bits per heavy atom. The highest BCUT2D eigenvalue weighted by Gasteiger charge is 2.62. The Balaban J connectivity index is 1.68. The molecule has 2 heteroatoms. The average Bonchev–Trinajstić information content (AvgIpc) is 2.80. The minimum Gasteiger partial charge on any atom is -0.393 e. The van der Waals surface area contributed by atoms with Crippen molar-refractivity contribution in [3.8, 4) is 0 Å². The Hall–Kier alpha value is -0.340. The molecule has 0 unspecified atom stereocenters. The van der Waals surface area contributed by atoms with Crippen LogP contribution in [0.2, 0.25) is 0 Å². The topological polar surface area (TPSA) is 40.5 Å². The van der Waals surface area contributed by atoms with E-state index >= 15 is 0 Å². The van der Waals surface area contributed by atoms with E-state index < -0.39 is 5.60 Å². The minimum atomic E-state index is -0.434. The third-order valence-electron chi connectivity index (χ3n) is 8.98. The summed E-state index contributed by atoms with van der Waals surface area (Å²) >= 11 is 0. The van der Waals surface area contributed by atoms with Crippen LogP contribution in [0.25, 0.3) is 0 Å². The lowest BCUT2D eigenvalue weighted by atomic mass is 9.47. The molecule has 0 aromatic carbocycles. The summed E-state index contributed by atoms with van der Waals surface area (Å²) in [6, 6.07) is 0. The van der Waals surface area contributed by atoms with E-state index in [4.69, 9.17) is 0 Å². The molecule has 0 aromatic rings. The molecule has 130 valence electrons. The Kier molecular flexibility index (Phi) is 3.57. The molecule has 3 saturated carbocycles. The normalized spacial score (nSPS) is 55.6. The molecule has 0 aliphatic heterocycles. The monoisotopic (exact) mass is 318 g/mol. The van der Waals surface area contributed by atoms with E-state index in [2.05, 4.69) is 26.8 Å². The number of aliphatic hydroxyl groups excluding tert-OH is 1. The first kappa shape index (κ1) is 16.1. The Morgan fingerprint density at radius 3 is 2.57 bits per heavy atom. The molecule has 0 saturated heterocycles. The second-order valence-electron chi connectivity index (χ2n) is 9.54. The molecular weight excluding hydrogens is 284 g/mol. The standard InChI is InChI=1S/C21H34O2/c1-4-21(23)12-9-18-16-6-5-14-13-15(22)7-10-19(14,2)17(16)8-11-20(18,21)3/h5,15-18,22-23H,4,6-13H2,1-3H3/t15-,16-,17-,18+,19-,20-,21-/m0/s1. The fourth-order valence-electron chi connectivity index (χ4n) is 7.33. The van der Waals surface area contributed by atoms with Crippen LogP contribution in [-0.4, -0.2) is 21.9 Å². The van der Waals surface area contributed by atoms with Gasteiger partial charge < -0.3 is 10.2 Å². The molecule has 0 bridgehead atoms. The van der Waals surface area contributed by atoms with Crippen molar-refractivity contribution in [3.63, 3.8) is 0 Å². The molecule has 0 amide bonds. The molecule has 2 N–H and O–H groups in total. The maximum absolute atomic E-state index is 11.2. The molecule has 4 rings (SSSR count). The van der Waals surface area contributed by atoms with E-state index in [-0.39, 0.29) is 11.5 Å². The first-order chi connectivity index (χ1) is 10.8. The zero-order valence-electron chi connectivity index (χ0n) is 15.1. The summed E-state index contributed by atoms with van der Waals surface area (Å²) in [6.45, 7) is 7.03. The lowest BCUT2D eigenvalue weighted by Crippen LogP contribution is -2.54. The Bertz CT molecular complexity index is 526. The van der Waals surface area contributed by atoms with Crippen molar-refractivity contribution in [2.75, 3.05) is 0 Å². The van der Waals surface area contributed by atoms with Crippen LogP contribution in [0.4, 0.5) is 0 Å². The lowest BCUT2D eigenvalue weighted by Gasteiger charge is -2.59. The van der Waals surface area contributed by atoms with E-state index in [0.717, 1.165) is 43.9 Å². The zero-order valence-corrected chi connectivity index (χ0v) is 15.1. The third kappa shape index (κ3) is 2.00. The van der Waals surface area contributed by atoms with E-state index in [9.17, 15) is 10.2 Å². The predicted molar refractivity (Wildman–Crippen MR) is 93.0 cm³/mol. The van der Waals surface area contributed by atoms with Crippen molar-refractivity contribution in [1.82, 2.24) is 0 Å². The molecule has 0 aromatic heterocycles. The highest BCUT2D eigenvalue weighted by Crippen LogP contribution is 2.67. The van der Waals surface area contributed by atoms with Crippen molar-refractivity contribution in [2.24, 2.45) is 28.6 Å². The number of aliphatic hydroxyl groups is 2. The van der Waals surface area contributed by atoms with Crippen LogP contribution in [0.3, 0.4) is 0 Å². The lowest BCUT2D eigenvalue weighted by molar-refractivity contribution is -0.125. The van der Waals surface area contributed by atoms with Crippen LogP contribution in [0.5, 0.6) is 0 Å². The van der Waals surface area contributed by atoms with Crippen molar-refractivity contribution in [2.45, 2.75) is 90.3 Å². The number of hydrogen-bond donors (Lipinski definition) is 2. The fourth-order valence-corrected chi connectivity index (χ4v) is 7.33. The summed E-state index contributed by atoms with van der Waals surface area (Å²) in [7, 11) is 0. The number of rotatable bonds is 1. The third-order valence-corrected chi connectivity index (χ3v) is 8.98. The summed E-state index contributed by atoms with van der Waals surface area (Å²) in [5.41, 5.74) is 1.55. The van der Waals surface area contributed by atoms with E-state index in [1.54, 1.807) is 5.57 Å². The smallest absolute Gasteiger partial charge is 0.0701 e. The number of allylic oxidation sites excluding steroid dienone is 1. The summed E-state index contributed by atoms with van der Waals surface area (Å²) in [6.07, 6.45) is 12.2. The quantitative estimate of drug-likeness (QED) is 0.701. The first-order valence-electron chi connectivity index (χ1n) is 9.94. The second kappa shape index (κ2) is 5.08. The average molecular weight is 319 g/mol. The summed E-state index contributed by atoms with van der Waals surface area (Å²) < 4.78 is 0. The molecule has 0 spiro atoms. The van der Waals surface area contributed by atoms with Crippen LogP contribution < -0.4 is 0 Å². The van der Waals surface area contributed by atoms with Crippen molar-refractivity contribution >= 4 is 0 Å². The van der Waals surface area contributed by atoms with E-state index in [0.29, 0.717) is 11.3 Å². The summed E-state index contributed by atoms with van der Waals surface area (Å²) in [4.78, 5) is 0. The number of fused-ring (bicyclic) bond motifs is 5. The van der Waals surface area contributed by atoms with Crippen LogP contribution in [0.15, 0.2) is 11.6 Å². The summed E-state index contributed by atoms with van der Waals surface area (Å²) in [5.74, 6) is 2.21. The molecule has 4 aliphatic rings. The molecule has 2 nitrogen and oxygen atoms in total. The highest BCUT2D eigenvalue weighted by molar-refractivity contribution is 5.26. The molecular formula is C21H34O2. The van der Waals surface area contributed by atoms with E-state index in [1.165, 1.54) is 25.7 Å². The van der Waals surface area contributed by atoms with Gasteiger partial charge in [-0.05, 0) is 86.4 Å². The largest absolute Gasteiger partial charge is 0.393 e. The van der Waals surface area contributed by atoms with Gasteiger partial charge in [-0.25, -0.2) is 0 Å². The van der Waals surface area contributed by atoms with Gasteiger partial charge in [0.15, 0.2) is 0 Å². The minimum absolute atomic E-state index is 0.114. The SMILES string of the molecule is CC[C@]1(O)CC[C@@H]2[C@H]3CC=C4C[C@@H](O)CC[C@]4(C)[C@H]3CC[C@@]21C. The van der Waals surface area contributed by atoms with Crippen LogP contribution in [0.1, 0.15) is 78.6 Å². The van der Waals surface area contributed by atoms with E-state index in [1.807, 2.05) is 0 Å². The van der Waals surface area contributed by atoms with Gasteiger partial charge >= 0.3 is 0 Å². The highest BCUT2D eigenvalue weighted by atomic mass is 16.3. The van der Waals surface area contributed by atoms with Crippen LogP contribution >= 0.6 is 0 Å². The van der Waals surface area contributed by atoms with Crippen molar-refractivity contribution in [1.29, 1.82) is 0 Å². The molecule has 23 heavy (non-hydrogen) atoms. The van der Waals surface area contributed by atoms with Crippen LogP contribution in [-0.2, 0) is 0 Å². The molecule has 0 radical (unpaired) electrons. The molecule has 3 fully saturated rings. The van der Waals surface area contributed by atoms with Gasteiger partial charge in [0.25, 0.3) is 0 Å². The predicted octanol–water partition coefficient (Wildman–Crippen LogP) is 4.45. The Morgan fingerprint density at radius 2 is 1.83 bits per heavy atom. The molecule has 4 aliphatic carbocycles.